The normalized spacial score (nSPS) is 15.7. The van der Waals surface area contributed by atoms with Crippen molar-refractivity contribution >= 4 is 50.4 Å². The van der Waals surface area contributed by atoms with Gasteiger partial charge in [-0.05, 0) is 88.8 Å². The van der Waals surface area contributed by atoms with Gasteiger partial charge in [0.05, 0.1) is 51.6 Å². The number of methoxy groups -OCH3 is 4. The molecule has 0 radical (unpaired) electrons. The zero-order valence-electron chi connectivity index (χ0n) is 33.9. The number of carbonyl (C=O) groups excluding carboxylic acids is 1. The summed E-state index contributed by atoms with van der Waals surface area (Å²) in [6, 6.07) is 13.9. The minimum Gasteiger partial charge on any atom is -0.497 e. The second-order valence-electron chi connectivity index (χ2n) is 15.2. The van der Waals surface area contributed by atoms with E-state index in [2.05, 4.69) is 5.16 Å². The number of fused-ring (bicyclic) bond motifs is 1. The van der Waals surface area contributed by atoms with E-state index in [0.29, 0.717) is 17.9 Å². The molecule has 59 heavy (non-hydrogen) atoms. The van der Waals surface area contributed by atoms with Crippen LogP contribution in [0.15, 0.2) is 64.0 Å². The number of aromatic carboxylic acids is 1. The van der Waals surface area contributed by atoms with Gasteiger partial charge in [0.2, 0.25) is 0 Å². The Morgan fingerprint density at radius 2 is 1.58 bits per heavy atom. The average Bonchev–Trinajstić information content (AvgIpc) is 3.85. The van der Waals surface area contributed by atoms with Crippen molar-refractivity contribution in [3.8, 4) is 23.0 Å². The lowest BCUT2D eigenvalue weighted by Gasteiger charge is -2.27. The zero-order chi connectivity index (χ0) is 42.2. The van der Waals surface area contributed by atoms with Crippen LogP contribution in [0.5, 0.6) is 23.0 Å². The molecular formula is C41H47N5O12S. The highest BCUT2D eigenvalue weighted by Crippen LogP contribution is 2.47. The van der Waals surface area contributed by atoms with Crippen LogP contribution in [0.2, 0.25) is 0 Å². The summed E-state index contributed by atoms with van der Waals surface area (Å²) < 4.78 is 72.9. The minimum absolute atomic E-state index is 0.0944. The van der Waals surface area contributed by atoms with Gasteiger partial charge in [0.1, 0.15) is 28.6 Å². The van der Waals surface area contributed by atoms with E-state index in [1.165, 1.54) is 45.5 Å². The van der Waals surface area contributed by atoms with Crippen molar-refractivity contribution in [1.29, 1.82) is 0 Å². The SMILES string of the molecule is COc1ccc(CN(c2noc3cc(N(C(=O)OC(C)(C)C)c4cc(C5CC5)n(C5CCCCO5)n4)c(OC)cc23)S(=O)(=O)c2c(OC)cc(C(=O)O)cc2OC)cc1. The minimum atomic E-state index is -4.71. The van der Waals surface area contributed by atoms with E-state index >= 15 is 0 Å². The smallest absolute Gasteiger partial charge is 0.420 e. The van der Waals surface area contributed by atoms with Gasteiger partial charge >= 0.3 is 12.1 Å². The predicted octanol–water partition coefficient (Wildman–Crippen LogP) is 7.80. The van der Waals surface area contributed by atoms with Gasteiger partial charge in [0.15, 0.2) is 28.3 Å². The second-order valence-corrected chi connectivity index (χ2v) is 17.0. The lowest BCUT2D eigenvalue weighted by atomic mass is 10.1. The van der Waals surface area contributed by atoms with Crippen LogP contribution in [0, 0.1) is 0 Å². The van der Waals surface area contributed by atoms with E-state index in [1.807, 2.05) is 10.7 Å². The molecule has 2 aliphatic rings. The predicted molar refractivity (Wildman–Crippen MR) is 215 cm³/mol. The Morgan fingerprint density at radius 1 is 0.898 bits per heavy atom. The molecule has 1 atom stereocenters. The van der Waals surface area contributed by atoms with Gasteiger partial charge in [0.25, 0.3) is 10.0 Å². The number of carboxylic acids is 1. The molecule has 0 spiro atoms. The van der Waals surface area contributed by atoms with Crippen molar-refractivity contribution in [3.05, 3.63) is 71.4 Å². The van der Waals surface area contributed by atoms with Gasteiger partial charge in [-0.25, -0.2) is 31.9 Å². The Morgan fingerprint density at radius 3 is 2.14 bits per heavy atom. The molecule has 1 N–H and O–H groups in total. The first-order valence-electron chi connectivity index (χ1n) is 19.0. The zero-order valence-corrected chi connectivity index (χ0v) is 34.7. The molecule has 7 rings (SSSR count). The maximum Gasteiger partial charge on any atom is 0.420 e. The molecule has 0 bridgehead atoms. The molecule has 1 saturated heterocycles. The maximum absolute atomic E-state index is 15.0. The Labute approximate surface area is 341 Å². The molecule has 1 aliphatic carbocycles. The number of rotatable bonds is 14. The summed E-state index contributed by atoms with van der Waals surface area (Å²) in [6.07, 6.45) is 3.67. The van der Waals surface area contributed by atoms with Gasteiger partial charge in [-0.1, -0.05) is 17.3 Å². The van der Waals surface area contributed by atoms with Crippen molar-refractivity contribution in [1.82, 2.24) is 14.9 Å². The van der Waals surface area contributed by atoms with Gasteiger partial charge in [-0.3, -0.25) is 0 Å². The third-order valence-electron chi connectivity index (χ3n) is 9.95. The standard InChI is InChI=1S/C41H47N5O12S/c1-41(2,3)57-40(49)45(35-22-29(25-13-14-25)46(42-35)36-10-8-9-17-56-36)30-21-31-28(20-32(30)53-5)38(43-58-31)44(23-24-11-15-27(52-4)16-12-24)59(50,51)37-33(54-6)18-26(39(47)48)19-34(37)55-7/h11-12,15-16,18-22,25,36H,8-10,13-14,17,23H2,1-7H3,(H,47,48). The van der Waals surface area contributed by atoms with Gasteiger partial charge in [-0.15, -0.1) is 0 Å². The van der Waals surface area contributed by atoms with E-state index in [9.17, 15) is 23.1 Å². The molecule has 1 saturated carbocycles. The van der Waals surface area contributed by atoms with E-state index in [1.54, 1.807) is 45.0 Å². The fraction of sp³-hybridized carbons (Fsp3) is 0.415. The highest BCUT2D eigenvalue weighted by atomic mass is 32.2. The van der Waals surface area contributed by atoms with Gasteiger partial charge in [-0.2, -0.15) is 5.10 Å². The Hall–Kier alpha value is -6.01. The number of carbonyl (C=O) groups is 2. The van der Waals surface area contributed by atoms with Gasteiger partial charge in [0, 0.05) is 30.4 Å². The first-order valence-corrected chi connectivity index (χ1v) is 20.5. The summed E-state index contributed by atoms with van der Waals surface area (Å²) in [5.41, 5.74) is 0.640. The summed E-state index contributed by atoms with van der Waals surface area (Å²) in [5, 5.41) is 19.2. The van der Waals surface area contributed by atoms with Crippen molar-refractivity contribution in [3.63, 3.8) is 0 Å². The lowest BCUT2D eigenvalue weighted by molar-refractivity contribution is -0.0410. The summed E-state index contributed by atoms with van der Waals surface area (Å²) in [7, 11) is 0.669. The summed E-state index contributed by atoms with van der Waals surface area (Å²) in [4.78, 5) is 27.1. The van der Waals surface area contributed by atoms with Gasteiger partial charge < -0.3 is 38.1 Å². The summed E-state index contributed by atoms with van der Waals surface area (Å²) >= 11 is 0. The Kier molecular flexibility index (Phi) is 11.4. The number of aromatic nitrogens is 3. The molecule has 3 aromatic carbocycles. The van der Waals surface area contributed by atoms with Crippen molar-refractivity contribution in [2.24, 2.45) is 0 Å². The number of anilines is 3. The first kappa shape index (κ1) is 41.2. The maximum atomic E-state index is 15.0. The fourth-order valence-electron chi connectivity index (χ4n) is 6.96. The quantitative estimate of drug-likeness (QED) is 0.114. The molecule has 18 heteroatoms. The molecule has 1 aliphatic heterocycles. The highest BCUT2D eigenvalue weighted by molar-refractivity contribution is 7.93. The molecule has 1 unspecified atom stereocenters. The molecule has 2 aromatic heterocycles. The molecular weight excluding hydrogens is 787 g/mol. The third kappa shape index (κ3) is 8.32. The van der Waals surface area contributed by atoms with E-state index in [-0.39, 0.29) is 69.8 Å². The topological polar surface area (TPSA) is 194 Å². The number of benzene rings is 3. The number of sulfonamides is 1. The van der Waals surface area contributed by atoms with E-state index in [0.717, 1.165) is 54.2 Å². The Bertz CT molecular complexity index is 2440. The van der Waals surface area contributed by atoms with Crippen molar-refractivity contribution < 1.29 is 56.1 Å². The van der Waals surface area contributed by atoms with Crippen LogP contribution >= 0.6 is 0 Å². The van der Waals surface area contributed by atoms with Crippen molar-refractivity contribution in [2.45, 2.75) is 82.1 Å². The van der Waals surface area contributed by atoms with Crippen LogP contribution in [-0.2, 0) is 26.0 Å². The monoisotopic (exact) mass is 833 g/mol. The first-order chi connectivity index (χ1) is 28.2. The Balaban J connectivity index is 1.40. The van der Waals surface area contributed by atoms with Crippen LogP contribution in [0.1, 0.15) is 86.6 Å². The second kappa shape index (κ2) is 16.3. The molecule has 17 nitrogen and oxygen atoms in total. The van der Waals surface area contributed by atoms with Crippen LogP contribution in [-0.4, -0.2) is 81.2 Å². The molecule has 314 valence electrons. The number of hydrogen-bond donors (Lipinski definition) is 1. The lowest BCUT2D eigenvalue weighted by Crippen LogP contribution is -2.34. The molecule has 3 heterocycles. The van der Waals surface area contributed by atoms with Crippen molar-refractivity contribution in [2.75, 3.05) is 44.3 Å². The number of carboxylic acid groups (broad SMARTS) is 1. The number of hydrogen-bond acceptors (Lipinski definition) is 13. The molecule has 1 amide bonds. The van der Waals surface area contributed by atoms with E-state index < -0.39 is 32.6 Å². The van der Waals surface area contributed by atoms with Crippen LogP contribution in [0.4, 0.5) is 22.1 Å². The third-order valence-corrected chi connectivity index (χ3v) is 11.8. The van der Waals surface area contributed by atoms with E-state index in [4.69, 9.17) is 38.0 Å². The van der Waals surface area contributed by atoms with Crippen LogP contribution in [0.3, 0.4) is 0 Å². The largest absolute Gasteiger partial charge is 0.497 e. The average molecular weight is 834 g/mol. The highest BCUT2D eigenvalue weighted by Gasteiger charge is 2.39. The number of nitrogens with zero attached hydrogens (tertiary/aromatic N) is 5. The molecule has 5 aromatic rings. The van der Waals surface area contributed by atoms with Crippen LogP contribution in [0.25, 0.3) is 11.0 Å². The number of amides is 1. The summed E-state index contributed by atoms with van der Waals surface area (Å²) in [5.74, 6) is -0.770. The fourth-order valence-corrected chi connectivity index (χ4v) is 8.65. The molecule has 2 fully saturated rings. The van der Waals surface area contributed by atoms with Crippen LogP contribution < -0.4 is 28.2 Å². The number of ether oxygens (including phenoxy) is 6. The summed E-state index contributed by atoms with van der Waals surface area (Å²) in [6.45, 7) is 5.60.